The molecular formula is C26H25Br2NO2. The molecule has 3 aromatic carbocycles. The van der Waals surface area contributed by atoms with Crippen LogP contribution in [0.5, 0.6) is 0 Å². The van der Waals surface area contributed by atoms with E-state index < -0.39 is 11.6 Å². The van der Waals surface area contributed by atoms with Crippen molar-refractivity contribution >= 4 is 43.5 Å². The fourth-order valence-electron chi connectivity index (χ4n) is 3.11. The van der Waals surface area contributed by atoms with Gasteiger partial charge in [-0.25, -0.2) is 4.79 Å². The molecular weight excluding hydrogens is 518 g/mol. The number of halogens is 2. The normalized spacial score (nSPS) is 12.2. The number of nitrogens with zero attached hydrogens (tertiary/aromatic N) is 1. The van der Waals surface area contributed by atoms with Crippen LogP contribution in [0.3, 0.4) is 0 Å². The number of carbonyl (C=O) groups is 1. The topological polar surface area (TPSA) is 38.7 Å². The van der Waals surface area contributed by atoms with Crippen molar-refractivity contribution in [2.45, 2.75) is 38.8 Å². The number of benzene rings is 3. The number of ether oxygens (including phenoxy) is 1. The highest BCUT2D eigenvalue weighted by atomic mass is 79.9. The lowest BCUT2D eigenvalue weighted by molar-refractivity contribution is -0.156. The predicted molar refractivity (Wildman–Crippen MR) is 134 cm³/mol. The van der Waals surface area contributed by atoms with Gasteiger partial charge in [0.05, 0.1) is 5.71 Å². The number of hydrogen-bond acceptors (Lipinski definition) is 3. The quantitative estimate of drug-likeness (QED) is 0.248. The van der Waals surface area contributed by atoms with Crippen LogP contribution in [-0.4, -0.2) is 23.3 Å². The van der Waals surface area contributed by atoms with Gasteiger partial charge in [-0.3, -0.25) is 4.99 Å². The second kappa shape index (κ2) is 10.4. The molecule has 0 saturated heterocycles. The molecule has 0 unspecified atom stereocenters. The maximum Gasteiger partial charge on any atom is 0.331 e. The summed E-state index contributed by atoms with van der Waals surface area (Å²) in [4.78, 5) is 18.2. The minimum Gasteiger partial charge on any atom is -0.458 e. The molecule has 3 rings (SSSR count). The third kappa shape index (κ3) is 6.88. The number of aliphatic imine (C=N–C) groups is 1. The van der Waals surface area contributed by atoms with Crippen molar-refractivity contribution in [3.8, 4) is 0 Å². The van der Waals surface area contributed by atoms with Crippen LogP contribution in [0.15, 0.2) is 92.8 Å². The summed E-state index contributed by atoms with van der Waals surface area (Å²) >= 11 is 7.10. The smallest absolute Gasteiger partial charge is 0.331 e. The highest BCUT2D eigenvalue weighted by Gasteiger charge is 2.27. The van der Waals surface area contributed by atoms with Gasteiger partial charge < -0.3 is 4.74 Å². The van der Waals surface area contributed by atoms with Crippen LogP contribution in [0.1, 0.15) is 37.5 Å². The molecule has 0 fully saturated rings. The zero-order valence-corrected chi connectivity index (χ0v) is 21.0. The van der Waals surface area contributed by atoms with Gasteiger partial charge in [-0.1, -0.05) is 98.6 Å². The Morgan fingerprint density at radius 1 is 0.903 bits per heavy atom. The van der Waals surface area contributed by atoms with E-state index in [0.717, 1.165) is 31.3 Å². The van der Waals surface area contributed by atoms with Crippen molar-refractivity contribution in [3.05, 3.63) is 104 Å². The van der Waals surface area contributed by atoms with Crippen LogP contribution in [0.4, 0.5) is 0 Å². The van der Waals surface area contributed by atoms with E-state index in [-0.39, 0.29) is 5.97 Å². The molecule has 0 bridgehead atoms. The van der Waals surface area contributed by atoms with Crippen molar-refractivity contribution in [2.24, 2.45) is 4.99 Å². The lowest BCUT2D eigenvalue weighted by Gasteiger charge is -2.23. The Bertz CT molecular complexity index is 1020. The molecule has 3 nitrogen and oxygen atoms in total. The van der Waals surface area contributed by atoms with Gasteiger partial charge in [0.15, 0.2) is 6.04 Å². The molecule has 0 aliphatic rings. The first-order valence-electron chi connectivity index (χ1n) is 10.1. The zero-order chi connectivity index (χ0) is 22.4. The third-order valence-corrected chi connectivity index (χ3v) is 5.72. The fourth-order valence-corrected chi connectivity index (χ4v) is 4.32. The number of rotatable bonds is 6. The van der Waals surface area contributed by atoms with E-state index in [1.807, 2.05) is 99.6 Å². The van der Waals surface area contributed by atoms with Gasteiger partial charge in [0.25, 0.3) is 0 Å². The molecule has 0 spiro atoms. The average molecular weight is 543 g/mol. The first-order chi connectivity index (χ1) is 14.7. The highest BCUT2D eigenvalue weighted by Crippen LogP contribution is 2.25. The molecule has 0 aromatic heterocycles. The Hall–Kier alpha value is -2.24. The number of carbonyl (C=O) groups excluding carboxylic acids is 1. The molecule has 0 N–H and O–H groups in total. The van der Waals surface area contributed by atoms with E-state index >= 15 is 0 Å². The summed E-state index contributed by atoms with van der Waals surface area (Å²) in [5, 5.41) is 0. The Labute approximate surface area is 200 Å². The first kappa shape index (κ1) is 23.4. The second-order valence-electron chi connectivity index (χ2n) is 8.20. The summed E-state index contributed by atoms with van der Waals surface area (Å²) in [5.41, 5.74) is 3.07. The second-order valence-corrected chi connectivity index (χ2v) is 9.97. The van der Waals surface area contributed by atoms with Gasteiger partial charge in [0.1, 0.15) is 5.60 Å². The van der Waals surface area contributed by atoms with Crippen LogP contribution < -0.4 is 0 Å². The number of hydrogen-bond donors (Lipinski definition) is 0. The van der Waals surface area contributed by atoms with Gasteiger partial charge in [-0.15, -0.1) is 0 Å². The van der Waals surface area contributed by atoms with Crippen molar-refractivity contribution < 1.29 is 9.53 Å². The fraction of sp³-hybridized carbons (Fsp3) is 0.231. The van der Waals surface area contributed by atoms with Gasteiger partial charge in [0, 0.05) is 26.5 Å². The first-order valence-corrected chi connectivity index (χ1v) is 11.7. The molecule has 31 heavy (non-hydrogen) atoms. The van der Waals surface area contributed by atoms with Crippen molar-refractivity contribution in [3.63, 3.8) is 0 Å². The van der Waals surface area contributed by atoms with Gasteiger partial charge >= 0.3 is 5.97 Å². The molecule has 0 radical (unpaired) electrons. The Morgan fingerprint density at radius 3 is 1.94 bits per heavy atom. The summed E-state index contributed by atoms with van der Waals surface area (Å²) in [6.45, 7) is 5.61. The summed E-state index contributed by atoms with van der Waals surface area (Å²) in [7, 11) is 0. The van der Waals surface area contributed by atoms with E-state index in [9.17, 15) is 4.79 Å². The lowest BCUT2D eigenvalue weighted by Crippen LogP contribution is -2.33. The van der Waals surface area contributed by atoms with Crippen LogP contribution in [0, 0.1) is 0 Å². The Balaban J connectivity index is 2.08. The molecule has 5 heteroatoms. The van der Waals surface area contributed by atoms with Crippen molar-refractivity contribution in [2.75, 3.05) is 0 Å². The van der Waals surface area contributed by atoms with Crippen LogP contribution in [-0.2, 0) is 16.0 Å². The summed E-state index contributed by atoms with van der Waals surface area (Å²) in [6.07, 6.45) is 0.423. The Morgan fingerprint density at radius 2 is 1.45 bits per heavy atom. The van der Waals surface area contributed by atoms with Crippen molar-refractivity contribution in [1.29, 1.82) is 0 Å². The minimum atomic E-state index is -0.688. The Kier molecular flexibility index (Phi) is 7.84. The lowest BCUT2D eigenvalue weighted by atomic mass is 10.0. The van der Waals surface area contributed by atoms with Gasteiger partial charge in [-0.05, 0) is 38.5 Å². The SMILES string of the molecule is CC(C)(C)OC(=O)[C@H](Cc1ccc(Br)cc1Br)N=C(c1ccccc1)c1ccccc1. The van der Waals surface area contributed by atoms with Crippen LogP contribution >= 0.6 is 31.9 Å². The molecule has 160 valence electrons. The molecule has 0 aliphatic heterocycles. The van der Waals surface area contributed by atoms with E-state index in [4.69, 9.17) is 9.73 Å². The monoisotopic (exact) mass is 541 g/mol. The van der Waals surface area contributed by atoms with Crippen LogP contribution in [0.2, 0.25) is 0 Å². The van der Waals surface area contributed by atoms with Gasteiger partial charge in [-0.2, -0.15) is 0 Å². The van der Waals surface area contributed by atoms with E-state index in [1.165, 1.54) is 0 Å². The zero-order valence-electron chi connectivity index (χ0n) is 17.8. The maximum atomic E-state index is 13.2. The summed E-state index contributed by atoms with van der Waals surface area (Å²) < 4.78 is 7.63. The number of esters is 1. The van der Waals surface area contributed by atoms with Crippen molar-refractivity contribution in [1.82, 2.24) is 0 Å². The van der Waals surface area contributed by atoms with E-state index in [1.54, 1.807) is 0 Å². The average Bonchev–Trinajstić information content (AvgIpc) is 2.72. The van der Waals surface area contributed by atoms with Crippen LogP contribution in [0.25, 0.3) is 0 Å². The summed E-state index contributed by atoms with van der Waals surface area (Å²) in [6, 6.07) is 25.1. The molecule has 3 aromatic rings. The van der Waals surface area contributed by atoms with Gasteiger partial charge in [0.2, 0.25) is 0 Å². The van der Waals surface area contributed by atoms with E-state index in [0.29, 0.717) is 6.42 Å². The molecule has 0 amide bonds. The van der Waals surface area contributed by atoms with E-state index in [2.05, 4.69) is 31.9 Å². The molecule has 0 saturated carbocycles. The summed E-state index contributed by atoms with van der Waals surface area (Å²) in [5.74, 6) is -0.341. The third-order valence-electron chi connectivity index (χ3n) is 4.49. The molecule has 1 atom stereocenters. The minimum absolute atomic E-state index is 0.341. The standard InChI is InChI=1S/C26H25Br2NO2/c1-26(2,3)31-25(30)23(16-20-14-15-21(27)17-22(20)28)29-24(18-10-6-4-7-11-18)19-12-8-5-9-13-19/h4-15,17,23H,16H2,1-3H3/t23-/m0/s1. The predicted octanol–water partition coefficient (Wildman–Crippen LogP) is 7.00. The largest absolute Gasteiger partial charge is 0.458 e. The maximum absolute atomic E-state index is 13.2. The highest BCUT2D eigenvalue weighted by molar-refractivity contribution is 9.11. The molecule has 0 heterocycles. The molecule has 0 aliphatic carbocycles.